The molecule has 0 radical (unpaired) electrons. The summed E-state index contributed by atoms with van der Waals surface area (Å²) in [5, 5.41) is 0. The number of hydrogen-bond acceptors (Lipinski definition) is 2. The van der Waals surface area contributed by atoms with Gasteiger partial charge < -0.3 is 10.6 Å². The SMILES string of the molecule is C/C=C/C[C@@H](C)CC(C(N)=O)N(C)C(=O)CCC. The Bertz CT molecular complexity index is 300. The molecule has 2 amide bonds. The highest BCUT2D eigenvalue weighted by Gasteiger charge is 2.25. The fourth-order valence-electron chi connectivity index (χ4n) is 1.87. The zero-order valence-electron chi connectivity index (χ0n) is 12.0. The Morgan fingerprint density at radius 3 is 2.44 bits per heavy atom. The van der Waals surface area contributed by atoms with E-state index >= 15 is 0 Å². The Kier molecular flexibility index (Phi) is 8.08. The molecule has 2 N–H and O–H groups in total. The van der Waals surface area contributed by atoms with Crippen molar-refractivity contribution >= 4 is 11.8 Å². The lowest BCUT2D eigenvalue weighted by Gasteiger charge is -2.27. The largest absolute Gasteiger partial charge is 0.368 e. The molecule has 0 spiro atoms. The highest BCUT2D eigenvalue weighted by Crippen LogP contribution is 2.15. The standard InChI is InChI=1S/C14H26N2O2/c1-5-7-9-11(3)10-12(14(15)18)16(4)13(17)8-6-2/h5,7,11-12H,6,8-10H2,1-4H3,(H2,15,18)/b7-5+/t11-,12?/m1/s1. The number of amides is 2. The molecule has 0 rings (SSSR count). The smallest absolute Gasteiger partial charge is 0.240 e. The molecule has 18 heavy (non-hydrogen) atoms. The number of carbonyl (C=O) groups excluding carboxylic acids is 2. The number of primary amides is 1. The molecular formula is C14H26N2O2. The summed E-state index contributed by atoms with van der Waals surface area (Å²) in [4.78, 5) is 24.8. The fraction of sp³-hybridized carbons (Fsp3) is 0.714. The first-order valence-corrected chi connectivity index (χ1v) is 6.60. The summed E-state index contributed by atoms with van der Waals surface area (Å²) in [6, 6.07) is -0.496. The first-order valence-electron chi connectivity index (χ1n) is 6.60. The third-order valence-electron chi connectivity index (χ3n) is 3.05. The number of allylic oxidation sites excluding steroid dienone is 2. The van der Waals surface area contributed by atoms with Gasteiger partial charge in [0, 0.05) is 13.5 Å². The highest BCUT2D eigenvalue weighted by atomic mass is 16.2. The predicted octanol–water partition coefficient (Wildman–Crippen LogP) is 2.09. The lowest BCUT2D eigenvalue weighted by molar-refractivity contribution is -0.138. The van der Waals surface area contributed by atoms with Gasteiger partial charge in [0.25, 0.3) is 0 Å². The van der Waals surface area contributed by atoms with E-state index in [1.165, 1.54) is 4.90 Å². The van der Waals surface area contributed by atoms with Crippen LogP contribution in [0.3, 0.4) is 0 Å². The average molecular weight is 254 g/mol. The zero-order valence-corrected chi connectivity index (χ0v) is 12.0. The third kappa shape index (κ3) is 5.84. The van der Waals surface area contributed by atoms with E-state index in [0.29, 0.717) is 18.8 Å². The van der Waals surface area contributed by atoms with Gasteiger partial charge in [-0.05, 0) is 32.1 Å². The van der Waals surface area contributed by atoms with Crippen molar-refractivity contribution in [2.45, 2.75) is 52.5 Å². The summed E-state index contributed by atoms with van der Waals surface area (Å²) in [5.41, 5.74) is 5.40. The Morgan fingerprint density at radius 2 is 2.00 bits per heavy atom. The second-order valence-corrected chi connectivity index (χ2v) is 4.82. The second-order valence-electron chi connectivity index (χ2n) is 4.82. The maximum Gasteiger partial charge on any atom is 0.240 e. The van der Waals surface area contributed by atoms with Crippen molar-refractivity contribution in [2.24, 2.45) is 11.7 Å². The molecule has 104 valence electrons. The summed E-state index contributed by atoms with van der Waals surface area (Å²) >= 11 is 0. The molecule has 1 unspecified atom stereocenters. The maximum absolute atomic E-state index is 11.8. The van der Waals surface area contributed by atoms with Crippen molar-refractivity contribution in [3.05, 3.63) is 12.2 Å². The van der Waals surface area contributed by atoms with Crippen molar-refractivity contribution in [3.63, 3.8) is 0 Å². The minimum Gasteiger partial charge on any atom is -0.368 e. The molecule has 0 heterocycles. The van der Waals surface area contributed by atoms with E-state index in [2.05, 4.69) is 13.0 Å². The van der Waals surface area contributed by atoms with E-state index in [-0.39, 0.29) is 5.91 Å². The van der Waals surface area contributed by atoms with Gasteiger partial charge in [0.1, 0.15) is 6.04 Å². The van der Waals surface area contributed by atoms with Gasteiger partial charge in [0.05, 0.1) is 0 Å². The molecule has 0 aliphatic carbocycles. The van der Waals surface area contributed by atoms with Crippen LogP contribution in [0.25, 0.3) is 0 Å². The predicted molar refractivity (Wildman–Crippen MR) is 73.9 cm³/mol. The maximum atomic E-state index is 11.8. The lowest BCUT2D eigenvalue weighted by atomic mass is 9.96. The number of nitrogens with two attached hydrogens (primary N) is 1. The van der Waals surface area contributed by atoms with E-state index in [4.69, 9.17) is 5.73 Å². The number of rotatable bonds is 8. The normalized spacial score (nSPS) is 14.4. The van der Waals surface area contributed by atoms with Gasteiger partial charge in [-0.15, -0.1) is 0 Å². The third-order valence-corrected chi connectivity index (χ3v) is 3.05. The molecule has 4 nitrogen and oxygen atoms in total. The summed E-state index contributed by atoms with van der Waals surface area (Å²) in [6.07, 6.45) is 6.81. The average Bonchev–Trinajstić information content (AvgIpc) is 2.32. The van der Waals surface area contributed by atoms with Crippen molar-refractivity contribution < 1.29 is 9.59 Å². The van der Waals surface area contributed by atoms with Gasteiger partial charge >= 0.3 is 0 Å². The van der Waals surface area contributed by atoms with Gasteiger partial charge in [-0.25, -0.2) is 0 Å². The fourth-order valence-corrected chi connectivity index (χ4v) is 1.87. The number of hydrogen-bond donors (Lipinski definition) is 1. The minimum absolute atomic E-state index is 0.0143. The monoisotopic (exact) mass is 254 g/mol. The van der Waals surface area contributed by atoms with Crippen LogP contribution < -0.4 is 5.73 Å². The van der Waals surface area contributed by atoms with Gasteiger partial charge in [-0.2, -0.15) is 0 Å². The van der Waals surface area contributed by atoms with E-state index in [9.17, 15) is 9.59 Å². The molecule has 2 atom stereocenters. The number of nitrogens with zero attached hydrogens (tertiary/aromatic N) is 1. The minimum atomic E-state index is -0.496. The van der Waals surface area contributed by atoms with Crippen molar-refractivity contribution in [1.82, 2.24) is 4.90 Å². The van der Waals surface area contributed by atoms with E-state index < -0.39 is 11.9 Å². The van der Waals surface area contributed by atoms with Crippen LogP contribution in [0, 0.1) is 5.92 Å². The van der Waals surface area contributed by atoms with E-state index in [0.717, 1.165) is 12.8 Å². The molecule has 0 aromatic heterocycles. The molecule has 0 saturated carbocycles. The lowest BCUT2D eigenvalue weighted by Crippen LogP contribution is -2.46. The molecule has 0 fully saturated rings. The quantitative estimate of drug-likeness (QED) is 0.674. The van der Waals surface area contributed by atoms with Crippen LogP contribution in [0.5, 0.6) is 0 Å². The van der Waals surface area contributed by atoms with Gasteiger partial charge in [0.2, 0.25) is 11.8 Å². The summed E-state index contributed by atoms with van der Waals surface area (Å²) in [6.45, 7) is 5.98. The Hall–Kier alpha value is -1.32. The second kappa shape index (κ2) is 8.72. The number of likely N-dealkylation sites (N-methyl/N-ethyl adjacent to an activating group) is 1. The highest BCUT2D eigenvalue weighted by molar-refractivity contribution is 5.86. The van der Waals surface area contributed by atoms with Crippen LogP contribution in [0.2, 0.25) is 0 Å². The van der Waals surface area contributed by atoms with Gasteiger partial charge in [-0.3, -0.25) is 9.59 Å². The van der Waals surface area contributed by atoms with Gasteiger partial charge in [0.15, 0.2) is 0 Å². The molecule has 0 bridgehead atoms. The first kappa shape index (κ1) is 16.7. The molecular weight excluding hydrogens is 228 g/mol. The molecule has 4 heteroatoms. The Morgan fingerprint density at radius 1 is 1.39 bits per heavy atom. The Labute approximate surface area is 110 Å². The molecule has 0 saturated heterocycles. The van der Waals surface area contributed by atoms with Crippen LogP contribution in [-0.4, -0.2) is 29.8 Å². The van der Waals surface area contributed by atoms with Crippen LogP contribution in [0.4, 0.5) is 0 Å². The van der Waals surface area contributed by atoms with Crippen molar-refractivity contribution in [2.75, 3.05) is 7.05 Å². The molecule has 0 aliphatic rings. The van der Waals surface area contributed by atoms with Gasteiger partial charge in [-0.1, -0.05) is 26.0 Å². The molecule has 0 aromatic rings. The van der Waals surface area contributed by atoms with Crippen LogP contribution in [0.1, 0.15) is 46.5 Å². The topological polar surface area (TPSA) is 63.4 Å². The Balaban J connectivity index is 4.55. The van der Waals surface area contributed by atoms with Crippen molar-refractivity contribution in [3.8, 4) is 0 Å². The van der Waals surface area contributed by atoms with Crippen molar-refractivity contribution in [1.29, 1.82) is 0 Å². The summed E-state index contributed by atoms with van der Waals surface area (Å²) in [7, 11) is 1.66. The van der Waals surface area contributed by atoms with E-state index in [1.54, 1.807) is 7.05 Å². The number of carbonyl (C=O) groups is 2. The van der Waals surface area contributed by atoms with Crippen LogP contribution in [-0.2, 0) is 9.59 Å². The van der Waals surface area contributed by atoms with Crippen LogP contribution >= 0.6 is 0 Å². The summed E-state index contributed by atoms with van der Waals surface area (Å²) < 4.78 is 0. The summed E-state index contributed by atoms with van der Waals surface area (Å²) in [5.74, 6) is -0.107. The van der Waals surface area contributed by atoms with E-state index in [1.807, 2.05) is 19.9 Å². The zero-order chi connectivity index (χ0) is 14.1. The first-order chi connectivity index (χ1) is 8.43. The molecule has 0 aliphatic heterocycles. The van der Waals surface area contributed by atoms with Crippen LogP contribution in [0.15, 0.2) is 12.2 Å². The molecule has 0 aromatic carbocycles.